The molecule has 0 aliphatic rings. The van der Waals surface area contributed by atoms with E-state index in [4.69, 9.17) is 5.11 Å². The molecule has 7 heteroatoms. The summed E-state index contributed by atoms with van der Waals surface area (Å²) in [5.74, 6) is 0. The number of aliphatic hydroxyl groups is 1. The molecule has 0 saturated carbocycles. The van der Waals surface area contributed by atoms with Gasteiger partial charge in [-0.2, -0.15) is 8.78 Å². The Kier molecular flexibility index (Phi) is 3.10. The van der Waals surface area contributed by atoms with Gasteiger partial charge in [0.2, 0.25) is 6.54 Å². The van der Waals surface area contributed by atoms with Gasteiger partial charge in [-0.15, -0.1) is 0 Å². The Hall–Kier alpha value is -0.300. The molecule has 0 aromatic heterocycles. The number of aliphatic hydroxyl groups excluding tert-OH is 1. The number of alkyl halides is 3. The van der Waals surface area contributed by atoms with Crippen LogP contribution in [0, 0.1) is 10.1 Å². The number of nitro groups is 1. The Morgan fingerprint density at radius 3 is 2.30 bits per heavy atom. The average molecular weight is 220 g/mol. The van der Waals surface area contributed by atoms with Gasteiger partial charge in [0.1, 0.15) is 0 Å². The maximum absolute atomic E-state index is 11.8. The fourth-order valence-corrected chi connectivity index (χ4v) is 0.389. The number of hydrogen-bond acceptors (Lipinski definition) is 3. The van der Waals surface area contributed by atoms with Gasteiger partial charge in [0.25, 0.3) is 0 Å². The third kappa shape index (κ3) is 3.67. The van der Waals surface area contributed by atoms with Crippen LogP contribution < -0.4 is 0 Å². The maximum atomic E-state index is 11.8. The van der Waals surface area contributed by atoms with Gasteiger partial charge in [0.15, 0.2) is 6.10 Å². The molecule has 0 aliphatic carbocycles. The van der Waals surface area contributed by atoms with Crippen molar-refractivity contribution < 1.29 is 18.8 Å². The molecular formula is C3H4BrF2NO3. The van der Waals surface area contributed by atoms with E-state index in [9.17, 15) is 18.9 Å². The second-order valence-corrected chi connectivity index (χ2v) is 2.63. The molecule has 4 nitrogen and oxygen atoms in total. The van der Waals surface area contributed by atoms with Crippen molar-refractivity contribution in [3.8, 4) is 0 Å². The fourth-order valence-electron chi connectivity index (χ4n) is 0.245. The van der Waals surface area contributed by atoms with E-state index in [0.717, 1.165) is 0 Å². The average Bonchev–Trinajstić information content (AvgIpc) is 1.60. The summed E-state index contributed by atoms with van der Waals surface area (Å²) < 4.78 is 23.7. The summed E-state index contributed by atoms with van der Waals surface area (Å²) >= 11 is 1.78. The first-order chi connectivity index (χ1) is 4.34. The number of rotatable bonds is 3. The molecule has 0 radical (unpaired) electrons. The van der Waals surface area contributed by atoms with Crippen molar-refractivity contribution >= 4 is 15.9 Å². The lowest BCUT2D eigenvalue weighted by Crippen LogP contribution is -2.33. The van der Waals surface area contributed by atoms with Crippen LogP contribution >= 0.6 is 15.9 Å². The second kappa shape index (κ2) is 3.20. The highest BCUT2D eigenvalue weighted by Gasteiger charge is 2.38. The van der Waals surface area contributed by atoms with E-state index in [1.165, 1.54) is 0 Å². The highest BCUT2D eigenvalue weighted by atomic mass is 79.9. The second-order valence-electron chi connectivity index (χ2n) is 1.57. The van der Waals surface area contributed by atoms with Crippen molar-refractivity contribution in [1.29, 1.82) is 0 Å². The minimum Gasteiger partial charge on any atom is -0.380 e. The zero-order valence-electron chi connectivity index (χ0n) is 4.63. The summed E-state index contributed by atoms with van der Waals surface area (Å²) in [5.41, 5.74) is 0. The van der Waals surface area contributed by atoms with E-state index in [2.05, 4.69) is 0 Å². The number of hydrogen-bond donors (Lipinski definition) is 1. The smallest absolute Gasteiger partial charge is 0.333 e. The summed E-state index contributed by atoms with van der Waals surface area (Å²) in [6, 6.07) is 0. The third-order valence-corrected chi connectivity index (χ3v) is 1.23. The SMILES string of the molecule is O=[N+]([O-])C[C@@H](O)C(F)(F)Br. The van der Waals surface area contributed by atoms with Gasteiger partial charge < -0.3 is 5.11 Å². The molecule has 1 atom stereocenters. The van der Waals surface area contributed by atoms with Crippen LogP contribution in [-0.2, 0) is 0 Å². The van der Waals surface area contributed by atoms with Crippen LogP contribution in [-0.4, -0.2) is 27.5 Å². The zero-order chi connectivity index (χ0) is 8.36. The summed E-state index contributed by atoms with van der Waals surface area (Å²) in [7, 11) is 0. The standard InChI is InChI=1S/C3H4BrF2NO3/c4-3(5,6)2(8)1-7(9)10/h2,8H,1H2/t2-/m1/s1. The van der Waals surface area contributed by atoms with Gasteiger partial charge in [-0.05, 0) is 15.9 Å². The van der Waals surface area contributed by atoms with Crippen LogP contribution in [0.5, 0.6) is 0 Å². The van der Waals surface area contributed by atoms with Crippen molar-refractivity contribution in [2.24, 2.45) is 0 Å². The molecule has 0 bridgehead atoms. The first kappa shape index (κ1) is 9.70. The molecule has 0 rings (SSSR count). The van der Waals surface area contributed by atoms with Gasteiger partial charge in [-0.25, -0.2) is 0 Å². The molecular weight excluding hydrogens is 216 g/mol. The minimum absolute atomic E-state index is 1.01. The molecule has 0 amide bonds. The van der Waals surface area contributed by atoms with Crippen molar-refractivity contribution in [1.82, 2.24) is 0 Å². The fraction of sp³-hybridized carbons (Fsp3) is 1.00. The Morgan fingerprint density at radius 2 is 2.20 bits per heavy atom. The van der Waals surface area contributed by atoms with Gasteiger partial charge in [-0.1, -0.05) is 0 Å². The molecule has 60 valence electrons. The van der Waals surface area contributed by atoms with Crippen molar-refractivity contribution in [3.63, 3.8) is 0 Å². The molecule has 10 heavy (non-hydrogen) atoms. The van der Waals surface area contributed by atoms with Gasteiger partial charge >= 0.3 is 4.83 Å². The van der Waals surface area contributed by atoms with Gasteiger partial charge in [-0.3, -0.25) is 10.1 Å². The first-order valence-corrected chi connectivity index (χ1v) is 3.00. The van der Waals surface area contributed by atoms with Gasteiger partial charge in [0.05, 0.1) is 0 Å². The van der Waals surface area contributed by atoms with Crippen molar-refractivity contribution in [2.75, 3.05) is 6.54 Å². The summed E-state index contributed by atoms with van der Waals surface area (Å²) in [6.07, 6.45) is -2.28. The molecule has 0 spiro atoms. The lowest BCUT2D eigenvalue weighted by molar-refractivity contribution is -0.494. The van der Waals surface area contributed by atoms with Crippen molar-refractivity contribution in [3.05, 3.63) is 10.1 Å². The van der Waals surface area contributed by atoms with E-state index in [1.807, 2.05) is 0 Å². The van der Waals surface area contributed by atoms with Crippen LogP contribution in [0.15, 0.2) is 0 Å². The van der Waals surface area contributed by atoms with Crippen LogP contribution in [0.1, 0.15) is 0 Å². The van der Waals surface area contributed by atoms with Gasteiger partial charge in [0, 0.05) is 4.92 Å². The molecule has 0 unspecified atom stereocenters. The predicted molar refractivity (Wildman–Crippen MR) is 31.7 cm³/mol. The normalized spacial score (nSPS) is 14.8. The van der Waals surface area contributed by atoms with Crippen LogP contribution in [0.4, 0.5) is 8.78 Å². The Balaban J connectivity index is 3.85. The zero-order valence-corrected chi connectivity index (χ0v) is 6.22. The highest BCUT2D eigenvalue weighted by molar-refractivity contribution is 9.10. The minimum atomic E-state index is -3.58. The lowest BCUT2D eigenvalue weighted by Gasteiger charge is -2.11. The summed E-state index contributed by atoms with van der Waals surface area (Å²) in [6.45, 7) is -1.17. The molecule has 1 N–H and O–H groups in total. The van der Waals surface area contributed by atoms with E-state index in [-0.39, 0.29) is 0 Å². The monoisotopic (exact) mass is 219 g/mol. The molecule has 0 saturated heterocycles. The summed E-state index contributed by atoms with van der Waals surface area (Å²) in [4.78, 5) is 4.95. The quantitative estimate of drug-likeness (QED) is 0.430. The largest absolute Gasteiger partial charge is 0.380 e. The Morgan fingerprint density at radius 1 is 1.80 bits per heavy atom. The Labute approximate surface area is 63.1 Å². The molecule has 0 fully saturated rings. The van der Waals surface area contributed by atoms with E-state index < -0.39 is 22.4 Å². The summed E-state index contributed by atoms with van der Waals surface area (Å²) in [5, 5.41) is 17.9. The first-order valence-electron chi connectivity index (χ1n) is 2.20. The Bertz CT molecular complexity index is 136. The predicted octanol–water partition coefficient (Wildman–Crippen LogP) is 0.612. The third-order valence-electron chi connectivity index (χ3n) is 0.700. The molecule has 0 aliphatic heterocycles. The lowest BCUT2D eigenvalue weighted by atomic mass is 10.4. The van der Waals surface area contributed by atoms with E-state index in [0.29, 0.717) is 0 Å². The number of halogens is 3. The van der Waals surface area contributed by atoms with Crippen molar-refractivity contribution in [2.45, 2.75) is 10.9 Å². The van der Waals surface area contributed by atoms with E-state index in [1.54, 1.807) is 15.9 Å². The van der Waals surface area contributed by atoms with Crippen LogP contribution in [0.2, 0.25) is 0 Å². The molecule has 0 aromatic carbocycles. The van der Waals surface area contributed by atoms with Crippen LogP contribution in [0.25, 0.3) is 0 Å². The topological polar surface area (TPSA) is 63.4 Å². The van der Waals surface area contributed by atoms with E-state index >= 15 is 0 Å². The number of nitrogens with zero attached hydrogens (tertiary/aromatic N) is 1. The molecule has 0 heterocycles. The maximum Gasteiger partial charge on any atom is 0.333 e. The molecule has 0 aromatic rings. The van der Waals surface area contributed by atoms with Crippen LogP contribution in [0.3, 0.4) is 0 Å². The highest BCUT2D eigenvalue weighted by Crippen LogP contribution is 2.25.